The molecule has 0 aliphatic carbocycles. The molecule has 1 aliphatic rings. The van der Waals surface area contributed by atoms with E-state index in [1.807, 2.05) is 13.0 Å². The smallest absolute Gasteiger partial charge is 0.306 e. The molecule has 0 aromatic rings. The van der Waals surface area contributed by atoms with Crippen molar-refractivity contribution in [3.63, 3.8) is 0 Å². The average Bonchev–Trinajstić information content (AvgIpc) is 3.30. The zero-order valence-corrected chi connectivity index (χ0v) is 15.7. The molecular weight excluding hydrogens is 304 g/mol. The van der Waals surface area contributed by atoms with Crippen molar-refractivity contribution in [3.8, 4) is 0 Å². The van der Waals surface area contributed by atoms with E-state index in [1.54, 1.807) is 6.92 Å². The fourth-order valence-electron chi connectivity index (χ4n) is 3.08. The molecule has 0 radical (unpaired) electrons. The highest BCUT2D eigenvalue weighted by Gasteiger charge is 2.49. The first-order chi connectivity index (χ1) is 11.4. The second-order valence-electron chi connectivity index (χ2n) is 7.45. The summed E-state index contributed by atoms with van der Waals surface area (Å²) in [4.78, 5) is 10.7. The molecule has 4 unspecified atom stereocenters. The maximum atomic E-state index is 10.7. The lowest BCUT2D eigenvalue weighted by Crippen LogP contribution is -2.30. The van der Waals surface area contributed by atoms with Crippen molar-refractivity contribution >= 4 is 5.97 Å². The van der Waals surface area contributed by atoms with Crippen molar-refractivity contribution in [2.45, 2.75) is 103 Å². The van der Waals surface area contributed by atoms with Crippen LogP contribution in [0, 0.1) is 5.92 Å². The number of hydrogen-bond acceptors (Lipinski definition) is 3. The molecule has 1 aliphatic heterocycles. The van der Waals surface area contributed by atoms with E-state index in [1.165, 1.54) is 19.3 Å². The molecule has 0 aromatic heterocycles. The summed E-state index contributed by atoms with van der Waals surface area (Å²) in [7, 11) is 0. The summed E-state index contributed by atoms with van der Waals surface area (Å²) in [6.07, 6.45) is 14.7. The lowest BCUT2D eigenvalue weighted by atomic mass is 9.96. The highest BCUT2D eigenvalue weighted by molar-refractivity contribution is 5.69. The van der Waals surface area contributed by atoms with Crippen LogP contribution >= 0.6 is 0 Å². The Morgan fingerprint density at radius 3 is 2.58 bits per heavy atom. The third-order valence-corrected chi connectivity index (χ3v) is 4.89. The maximum Gasteiger partial charge on any atom is 0.306 e. The normalized spacial score (nSPS) is 24.0. The number of allylic oxidation sites excluding steroid dienone is 1. The summed E-state index contributed by atoms with van der Waals surface area (Å²) >= 11 is 0. The second kappa shape index (κ2) is 10.9. The predicted molar refractivity (Wildman–Crippen MR) is 97.1 cm³/mol. The van der Waals surface area contributed by atoms with Gasteiger partial charge in [0.1, 0.15) is 11.7 Å². The molecule has 1 rings (SSSR count). The molecule has 0 saturated carbocycles. The number of epoxide rings is 1. The molecule has 4 heteroatoms. The number of aliphatic carboxylic acids is 1. The minimum absolute atomic E-state index is 0.0630. The van der Waals surface area contributed by atoms with E-state index in [-0.39, 0.29) is 18.1 Å². The lowest BCUT2D eigenvalue weighted by Gasteiger charge is -2.16. The monoisotopic (exact) mass is 340 g/mol. The Labute approximate surface area is 147 Å². The van der Waals surface area contributed by atoms with Gasteiger partial charge in [-0.2, -0.15) is 0 Å². The van der Waals surface area contributed by atoms with Gasteiger partial charge in [0.25, 0.3) is 0 Å². The first-order valence-corrected chi connectivity index (χ1v) is 9.66. The quantitative estimate of drug-likeness (QED) is 0.273. The van der Waals surface area contributed by atoms with Crippen LogP contribution in [-0.4, -0.2) is 34.0 Å². The average molecular weight is 341 g/mol. The van der Waals surface area contributed by atoms with E-state index in [0.717, 1.165) is 44.9 Å². The Morgan fingerprint density at radius 1 is 1.21 bits per heavy atom. The summed E-state index contributed by atoms with van der Waals surface area (Å²) in [6.45, 7) is 5.79. The number of rotatable bonds is 14. The molecule has 4 atom stereocenters. The molecule has 2 N–H and O–H groups in total. The first kappa shape index (κ1) is 21.2. The zero-order chi connectivity index (χ0) is 18.0. The van der Waals surface area contributed by atoms with Gasteiger partial charge in [-0.05, 0) is 32.6 Å². The number of aliphatic hydroxyl groups is 1. The van der Waals surface area contributed by atoms with Gasteiger partial charge in [-0.15, -0.1) is 0 Å². The maximum absolute atomic E-state index is 10.7. The third-order valence-electron chi connectivity index (χ3n) is 4.89. The van der Waals surface area contributed by atoms with Crippen molar-refractivity contribution < 1.29 is 19.7 Å². The van der Waals surface area contributed by atoms with Gasteiger partial charge in [-0.3, -0.25) is 4.79 Å². The molecule has 0 bridgehead atoms. The second-order valence-corrected chi connectivity index (χ2v) is 7.45. The van der Waals surface area contributed by atoms with Crippen LogP contribution in [0.4, 0.5) is 0 Å². The molecule has 140 valence electrons. The Kier molecular flexibility index (Phi) is 9.60. The van der Waals surface area contributed by atoms with Gasteiger partial charge < -0.3 is 14.9 Å². The Bertz CT molecular complexity index is 389. The number of carbonyl (C=O) groups is 1. The topological polar surface area (TPSA) is 70.1 Å². The third kappa shape index (κ3) is 8.29. The Balaban J connectivity index is 2.07. The number of ether oxygens (including phenoxy) is 1. The first-order valence-electron chi connectivity index (χ1n) is 9.66. The van der Waals surface area contributed by atoms with Crippen molar-refractivity contribution in [1.29, 1.82) is 0 Å². The van der Waals surface area contributed by atoms with E-state index in [9.17, 15) is 9.90 Å². The minimum atomic E-state index is -0.853. The minimum Gasteiger partial charge on any atom is -0.481 e. The summed E-state index contributed by atoms with van der Waals surface area (Å²) in [5.41, 5.74) is -0.853. The molecule has 1 heterocycles. The van der Waals surface area contributed by atoms with Crippen molar-refractivity contribution in [2.24, 2.45) is 5.92 Å². The van der Waals surface area contributed by atoms with Gasteiger partial charge in [-0.25, -0.2) is 0 Å². The van der Waals surface area contributed by atoms with Crippen molar-refractivity contribution in [2.75, 3.05) is 0 Å². The molecule has 1 fully saturated rings. The van der Waals surface area contributed by atoms with E-state index in [2.05, 4.69) is 13.0 Å². The van der Waals surface area contributed by atoms with Gasteiger partial charge in [0.05, 0.1) is 12.0 Å². The van der Waals surface area contributed by atoms with E-state index < -0.39 is 11.6 Å². The fourth-order valence-corrected chi connectivity index (χ4v) is 3.08. The largest absolute Gasteiger partial charge is 0.481 e. The molecule has 4 nitrogen and oxygen atoms in total. The SMILES string of the molecule is CCCCC/C=C\C(C)(O)C1OC1CCCCCCC(C)C(=O)O. The van der Waals surface area contributed by atoms with Gasteiger partial charge in [0, 0.05) is 0 Å². The van der Waals surface area contributed by atoms with E-state index >= 15 is 0 Å². The van der Waals surface area contributed by atoms with Gasteiger partial charge >= 0.3 is 5.97 Å². The molecule has 0 spiro atoms. The number of unbranched alkanes of at least 4 members (excludes halogenated alkanes) is 6. The number of carboxylic acids is 1. The predicted octanol–water partition coefficient (Wildman–Crippen LogP) is 4.70. The highest BCUT2D eigenvalue weighted by Crippen LogP contribution is 2.36. The van der Waals surface area contributed by atoms with Gasteiger partial charge in [0.2, 0.25) is 0 Å². The molecule has 0 amide bonds. The van der Waals surface area contributed by atoms with Gasteiger partial charge in [-0.1, -0.05) is 64.5 Å². The molecule has 0 aromatic carbocycles. The van der Waals surface area contributed by atoms with Gasteiger partial charge in [0.15, 0.2) is 0 Å². The van der Waals surface area contributed by atoms with Crippen LogP contribution in [0.5, 0.6) is 0 Å². The molecular formula is C20H36O4. The summed E-state index contributed by atoms with van der Waals surface area (Å²) in [5, 5.41) is 19.3. The fraction of sp³-hybridized carbons (Fsp3) is 0.850. The zero-order valence-electron chi connectivity index (χ0n) is 15.7. The highest BCUT2D eigenvalue weighted by atomic mass is 16.6. The number of hydrogen-bond donors (Lipinski definition) is 2. The summed E-state index contributed by atoms with van der Waals surface area (Å²) < 4.78 is 5.66. The number of carboxylic acid groups (broad SMARTS) is 1. The van der Waals surface area contributed by atoms with Crippen LogP contribution in [0.2, 0.25) is 0 Å². The van der Waals surface area contributed by atoms with Crippen LogP contribution in [-0.2, 0) is 9.53 Å². The van der Waals surface area contributed by atoms with E-state index in [0.29, 0.717) is 0 Å². The molecule has 1 saturated heterocycles. The Hall–Kier alpha value is -0.870. The van der Waals surface area contributed by atoms with Crippen LogP contribution in [0.25, 0.3) is 0 Å². The van der Waals surface area contributed by atoms with Crippen molar-refractivity contribution in [3.05, 3.63) is 12.2 Å². The van der Waals surface area contributed by atoms with Crippen molar-refractivity contribution in [1.82, 2.24) is 0 Å². The Morgan fingerprint density at radius 2 is 1.92 bits per heavy atom. The van der Waals surface area contributed by atoms with Crippen LogP contribution < -0.4 is 0 Å². The standard InChI is InChI=1S/C20H36O4/c1-4-5-6-9-12-15-20(3,23)18-17(24-18)14-11-8-7-10-13-16(2)19(21)22/h12,15-18,23H,4-11,13-14H2,1-3H3,(H,21,22)/b15-12-. The lowest BCUT2D eigenvalue weighted by molar-refractivity contribution is -0.141. The summed E-state index contributed by atoms with van der Waals surface area (Å²) in [6, 6.07) is 0. The molecule has 24 heavy (non-hydrogen) atoms. The van der Waals surface area contributed by atoms with Crippen LogP contribution in [0.3, 0.4) is 0 Å². The van der Waals surface area contributed by atoms with E-state index in [4.69, 9.17) is 9.84 Å². The van der Waals surface area contributed by atoms with Crippen LogP contribution in [0.1, 0.15) is 85.0 Å². The summed E-state index contributed by atoms with van der Waals surface area (Å²) in [5.74, 6) is -0.936. The van der Waals surface area contributed by atoms with Crippen LogP contribution in [0.15, 0.2) is 12.2 Å².